The average molecular weight is 155 g/mol. The van der Waals surface area contributed by atoms with Crippen LogP contribution in [0.15, 0.2) is 24.9 Å². The highest BCUT2D eigenvalue weighted by Gasteiger charge is 1.89. The maximum atomic E-state index is 10.4. The molecule has 0 spiro atoms. The Kier molecular flexibility index (Phi) is 4.47. The van der Waals surface area contributed by atoms with Gasteiger partial charge in [0.25, 0.3) is 0 Å². The lowest BCUT2D eigenvalue weighted by molar-refractivity contribution is -0.136. The van der Waals surface area contributed by atoms with Crippen LogP contribution in [0.3, 0.4) is 0 Å². The molecule has 0 heterocycles. The molecule has 60 valence electrons. The molecule has 0 bridgehead atoms. The minimum atomic E-state index is -0.936. The Labute approximate surface area is 64.2 Å². The van der Waals surface area contributed by atoms with E-state index in [1.165, 1.54) is 12.3 Å². The maximum Gasteiger partial charge on any atom is 0.307 e. The van der Waals surface area contributed by atoms with E-state index in [9.17, 15) is 9.59 Å². The van der Waals surface area contributed by atoms with Crippen molar-refractivity contribution in [2.75, 3.05) is 0 Å². The molecule has 0 radical (unpaired) electrons. The van der Waals surface area contributed by atoms with E-state index in [0.717, 1.165) is 6.08 Å². The lowest BCUT2D eigenvalue weighted by Crippen LogP contribution is -2.12. The standard InChI is InChI=1S/C7H9NO3/c1-2-6(9)8-5-3-4-7(10)11/h2-3,5H,1,4H2,(H,8,9)(H,10,11). The molecule has 0 aromatic heterocycles. The summed E-state index contributed by atoms with van der Waals surface area (Å²) in [6.45, 7) is 3.21. The molecule has 0 aliphatic rings. The Morgan fingerprint density at radius 1 is 1.55 bits per heavy atom. The molecule has 4 heteroatoms. The zero-order valence-electron chi connectivity index (χ0n) is 5.91. The molecule has 4 nitrogen and oxygen atoms in total. The van der Waals surface area contributed by atoms with Crippen LogP contribution >= 0.6 is 0 Å². The van der Waals surface area contributed by atoms with Gasteiger partial charge in [-0.25, -0.2) is 0 Å². The fraction of sp³-hybridized carbons (Fsp3) is 0.143. The fourth-order valence-corrected chi connectivity index (χ4v) is 0.360. The number of carbonyl (C=O) groups excluding carboxylic acids is 1. The Bertz CT molecular complexity index is 196. The largest absolute Gasteiger partial charge is 0.481 e. The third-order valence-electron chi connectivity index (χ3n) is 0.821. The lowest BCUT2D eigenvalue weighted by Gasteiger charge is -1.89. The van der Waals surface area contributed by atoms with E-state index >= 15 is 0 Å². The first kappa shape index (κ1) is 9.42. The molecule has 0 aliphatic heterocycles. The van der Waals surface area contributed by atoms with Crippen molar-refractivity contribution in [3.8, 4) is 0 Å². The number of hydrogen-bond acceptors (Lipinski definition) is 2. The first-order chi connectivity index (χ1) is 5.16. The Balaban J connectivity index is 3.52. The molecule has 1 amide bonds. The second kappa shape index (κ2) is 5.22. The number of amides is 1. The van der Waals surface area contributed by atoms with E-state index in [-0.39, 0.29) is 12.3 Å². The molecule has 11 heavy (non-hydrogen) atoms. The van der Waals surface area contributed by atoms with E-state index in [2.05, 4.69) is 11.9 Å². The SMILES string of the molecule is C=CC(=O)NC=CCC(=O)O. The van der Waals surface area contributed by atoms with Crippen LogP contribution in [0.2, 0.25) is 0 Å². The molecule has 0 aromatic carbocycles. The summed E-state index contributed by atoms with van der Waals surface area (Å²) in [6, 6.07) is 0. The van der Waals surface area contributed by atoms with Gasteiger partial charge in [0.05, 0.1) is 6.42 Å². The first-order valence-corrected chi connectivity index (χ1v) is 2.96. The first-order valence-electron chi connectivity index (χ1n) is 2.96. The third-order valence-corrected chi connectivity index (χ3v) is 0.821. The summed E-state index contributed by atoms with van der Waals surface area (Å²) >= 11 is 0. The van der Waals surface area contributed by atoms with Gasteiger partial charge in [-0.05, 0) is 6.08 Å². The molecule has 0 unspecified atom stereocenters. The molecule has 0 fully saturated rings. The van der Waals surface area contributed by atoms with Crippen molar-refractivity contribution in [3.63, 3.8) is 0 Å². The van der Waals surface area contributed by atoms with Crippen LogP contribution in [0.1, 0.15) is 6.42 Å². The average Bonchev–Trinajstić information content (AvgIpc) is 1.97. The van der Waals surface area contributed by atoms with Crippen molar-refractivity contribution in [2.45, 2.75) is 6.42 Å². The highest BCUT2D eigenvalue weighted by Crippen LogP contribution is 1.79. The van der Waals surface area contributed by atoms with E-state index < -0.39 is 5.97 Å². The van der Waals surface area contributed by atoms with Crippen molar-refractivity contribution in [1.29, 1.82) is 0 Å². The number of hydrogen-bond donors (Lipinski definition) is 2. The molecule has 0 rings (SSSR count). The summed E-state index contributed by atoms with van der Waals surface area (Å²) in [5.74, 6) is -1.29. The maximum absolute atomic E-state index is 10.4. The predicted octanol–water partition coefficient (Wildman–Crippen LogP) is 0.277. The molecule has 0 atom stereocenters. The van der Waals surface area contributed by atoms with Crippen LogP contribution in [0.4, 0.5) is 0 Å². The zero-order chi connectivity index (χ0) is 8.69. The molecule has 2 N–H and O–H groups in total. The summed E-state index contributed by atoms with van der Waals surface area (Å²) in [5.41, 5.74) is 0. The minimum absolute atomic E-state index is 0.0998. The van der Waals surface area contributed by atoms with Gasteiger partial charge in [0.15, 0.2) is 0 Å². The number of carbonyl (C=O) groups is 2. The van der Waals surface area contributed by atoms with Crippen LogP contribution < -0.4 is 5.32 Å². The van der Waals surface area contributed by atoms with Gasteiger partial charge in [-0.3, -0.25) is 9.59 Å². The van der Waals surface area contributed by atoms with Gasteiger partial charge in [-0.1, -0.05) is 12.7 Å². The van der Waals surface area contributed by atoms with E-state index in [1.807, 2.05) is 0 Å². The number of carboxylic acids is 1. The van der Waals surface area contributed by atoms with Crippen molar-refractivity contribution >= 4 is 11.9 Å². The molecular weight excluding hydrogens is 146 g/mol. The number of aliphatic carboxylic acids is 1. The Hall–Kier alpha value is -1.58. The van der Waals surface area contributed by atoms with E-state index in [4.69, 9.17) is 5.11 Å². The molecular formula is C7H9NO3. The number of carboxylic acid groups (broad SMARTS) is 1. The van der Waals surface area contributed by atoms with Gasteiger partial charge in [0.2, 0.25) is 5.91 Å². The predicted molar refractivity (Wildman–Crippen MR) is 39.7 cm³/mol. The normalized spacial score (nSPS) is 9.45. The molecule has 0 saturated carbocycles. The molecule has 0 saturated heterocycles. The van der Waals surface area contributed by atoms with Crippen molar-refractivity contribution in [1.82, 2.24) is 5.32 Å². The van der Waals surface area contributed by atoms with Crippen molar-refractivity contribution in [2.24, 2.45) is 0 Å². The van der Waals surface area contributed by atoms with Gasteiger partial charge in [-0.15, -0.1) is 0 Å². The number of nitrogens with one attached hydrogen (secondary N) is 1. The highest BCUT2D eigenvalue weighted by atomic mass is 16.4. The summed E-state index contributed by atoms with van der Waals surface area (Å²) in [5, 5.41) is 10.4. The van der Waals surface area contributed by atoms with Crippen LogP contribution in [-0.4, -0.2) is 17.0 Å². The Morgan fingerprint density at radius 3 is 2.64 bits per heavy atom. The molecule has 0 aliphatic carbocycles. The summed E-state index contributed by atoms with van der Waals surface area (Å²) < 4.78 is 0. The van der Waals surface area contributed by atoms with Gasteiger partial charge in [0, 0.05) is 6.20 Å². The lowest BCUT2D eigenvalue weighted by atomic mass is 10.4. The third kappa shape index (κ3) is 6.30. The number of rotatable bonds is 4. The van der Waals surface area contributed by atoms with Crippen LogP contribution in [-0.2, 0) is 9.59 Å². The van der Waals surface area contributed by atoms with Crippen molar-refractivity contribution < 1.29 is 14.7 Å². The van der Waals surface area contributed by atoms with E-state index in [0.29, 0.717) is 0 Å². The summed E-state index contributed by atoms with van der Waals surface area (Å²) in [7, 11) is 0. The second-order valence-electron chi connectivity index (χ2n) is 1.71. The smallest absolute Gasteiger partial charge is 0.307 e. The monoisotopic (exact) mass is 155 g/mol. The van der Waals surface area contributed by atoms with Crippen LogP contribution in [0.5, 0.6) is 0 Å². The summed E-state index contributed by atoms with van der Waals surface area (Å²) in [4.78, 5) is 20.4. The van der Waals surface area contributed by atoms with Crippen LogP contribution in [0, 0.1) is 0 Å². The van der Waals surface area contributed by atoms with Gasteiger partial charge >= 0.3 is 5.97 Å². The van der Waals surface area contributed by atoms with Crippen LogP contribution in [0.25, 0.3) is 0 Å². The fourth-order valence-electron chi connectivity index (χ4n) is 0.360. The zero-order valence-corrected chi connectivity index (χ0v) is 5.91. The second-order valence-corrected chi connectivity index (χ2v) is 1.71. The Morgan fingerprint density at radius 2 is 2.18 bits per heavy atom. The van der Waals surface area contributed by atoms with E-state index in [1.54, 1.807) is 0 Å². The van der Waals surface area contributed by atoms with Crippen molar-refractivity contribution in [3.05, 3.63) is 24.9 Å². The molecule has 0 aromatic rings. The topological polar surface area (TPSA) is 66.4 Å². The van der Waals surface area contributed by atoms with Gasteiger partial charge < -0.3 is 10.4 Å². The highest BCUT2D eigenvalue weighted by molar-refractivity contribution is 5.87. The van der Waals surface area contributed by atoms with Gasteiger partial charge in [0.1, 0.15) is 0 Å². The quantitative estimate of drug-likeness (QED) is 0.573. The minimum Gasteiger partial charge on any atom is -0.481 e. The summed E-state index contributed by atoms with van der Waals surface area (Å²) in [6.07, 6.45) is 3.62. The van der Waals surface area contributed by atoms with Gasteiger partial charge in [-0.2, -0.15) is 0 Å².